The fourth-order valence-electron chi connectivity index (χ4n) is 3.76. The van der Waals surface area contributed by atoms with Gasteiger partial charge < -0.3 is 10.1 Å². The van der Waals surface area contributed by atoms with Gasteiger partial charge in [0.1, 0.15) is 17.9 Å². The van der Waals surface area contributed by atoms with Crippen LogP contribution in [0.3, 0.4) is 0 Å². The maximum atomic E-state index is 13.0. The van der Waals surface area contributed by atoms with E-state index in [-0.39, 0.29) is 11.8 Å². The standard InChI is InChI=1S/C21H25F2N5O/c1-4-17-18(15-6-5-7-15)19(28-20(27-17)24-12-25-28)26-13(2)14-8-10-16(11-9-14)29-21(3,22)23/h8-13,15,26H,4-7H2,1-3H3. The number of aryl methyl sites for hydroxylation is 1. The quantitative estimate of drug-likeness (QED) is 0.595. The third-order valence-electron chi connectivity index (χ3n) is 5.42. The third-order valence-corrected chi connectivity index (χ3v) is 5.42. The van der Waals surface area contributed by atoms with Gasteiger partial charge in [0, 0.05) is 18.5 Å². The lowest BCUT2D eigenvalue weighted by molar-refractivity contribution is -0.158. The summed E-state index contributed by atoms with van der Waals surface area (Å²) >= 11 is 0. The van der Waals surface area contributed by atoms with E-state index in [2.05, 4.69) is 27.1 Å². The maximum Gasteiger partial charge on any atom is 0.394 e. The van der Waals surface area contributed by atoms with Crippen LogP contribution in [0.25, 0.3) is 5.78 Å². The first-order valence-electron chi connectivity index (χ1n) is 10.0. The van der Waals surface area contributed by atoms with Crippen LogP contribution in [0.15, 0.2) is 30.6 Å². The number of ether oxygens (including phenoxy) is 1. The van der Waals surface area contributed by atoms with Crippen molar-refractivity contribution in [2.45, 2.75) is 64.5 Å². The largest absolute Gasteiger partial charge is 0.433 e. The van der Waals surface area contributed by atoms with Gasteiger partial charge in [0.05, 0.1) is 5.69 Å². The Morgan fingerprint density at radius 1 is 1.28 bits per heavy atom. The molecular formula is C21H25F2N5O. The summed E-state index contributed by atoms with van der Waals surface area (Å²) in [5, 5.41) is 7.95. The minimum atomic E-state index is -3.20. The topological polar surface area (TPSA) is 64.3 Å². The average molecular weight is 401 g/mol. The molecule has 3 aromatic rings. The Bertz CT molecular complexity index is 993. The zero-order valence-corrected chi connectivity index (χ0v) is 16.8. The summed E-state index contributed by atoms with van der Waals surface area (Å²) < 4.78 is 32.5. The van der Waals surface area contributed by atoms with Gasteiger partial charge in [-0.15, -0.1) is 0 Å². The van der Waals surface area contributed by atoms with Crippen molar-refractivity contribution in [2.75, 3.05) is 5.32 Å². The van der Waals surface area contributed by atoms with Crippen LogP contribution < -0.4 is 10.1 Å². The number of alkyl halides is 2. The molecule has 1 N–H and O–H groups in total. The van der Waals surface area contributed by atoms with Crippen molar-refractivity contribution in [3.63, 3.8) is 0 Å². The molecule has 8 heteroatoms. The Balaban J connectivity index is 1.65. The van der Waals surface area contributed by atoms with Gasteiger partial charge in [0.25, 0.3) is 5.78 Å². The van der Waals surface area contributed by atoms with Gasteiger partial charge in [-0.25, -0.2) is 4.98 Å². The van der Waals surface area contributed by atoms with E-state index in [1.54, 1.807) is 28.8 Å². The molecule has 0 amide bonds. The molecular weight excluding hydrogens is 376 g/mol. The van der Waals surface area contributed by atoms with Crippen molar-refractivity contribution >= 4 is 11.6 Å². The predicted molar refractivity (Wildman–Crippen MR) is 106 cm³/mol. The summed E-state index contributed by atoms with van der Waals surface area (Å²) in [4.78, 5) is 8.98. The molecule has 0 saturated heterocycles. The number of hydrogen-bond acceptors (Lipinski definition) is 5. The molecule has 1 aliphatic carbocycles. The molecule has 2 aromatic heterocycles. The molecule has 1 aliphatic rings. The highest BCUT2D eigenvalue weighted by atomic mass is 19.3. The first-order chi connectivity index (χ1) is 13.9. The van der Waals surface area contributed by atoms with Crippen LogP contribution in [0.4, 0.5) is 14.6 Å². The van der Waals surface area contributed by atoms with Crippen LogP contribution >= 0.6 is 0 Å². The lowest BCUT2D eigenvalue weighted by Gasteiger charge is -2.30. The zero-order chi connectivity index (χ0) is 20.6. The number of halogens is 2. The van der Waals surface area contributed by atoms with Crippen molar-refractivity contribution in [3.05, 3.63) is 47.4 Å². The number of benzene rings is 1. The van der Waals surface area contributed by atoms with E-state index in [4.69, 9.17) is 4.98 Å². The molecule has 1 unspecified atom stereocenters. The van der Waals surface area contributed by atoms with Gasteiger partial charge in [-0.3, -0.25) is 0 Å². The second kappa shape index (κ2) is 7.57. The Morgan fingerprint density at radius 3 is 2.59 bits per heavy atom. The SMILES string of the molecule is CCc1nc2ncnn2c(NC(C)c2ccc(OC(C)(F)F)cc2)c1C1CCC1. The number of nitrogens with zero attached hydrogens (tertiary/aromatic N) is 4. The zero-order valence-electron chi connectivity index (χ0n) is 16.8. The Kier molecular flexibility index (Phi) is 5.10. The van der Waals surface area contributed by atoms with E-state index in [1.165, 1.54) is 18.3 Å². The molecule has 0 aliphatic heterocycles. The highest BCUT2D eigenvalue weighted by Crippen LogP contribution is 2.42. The molecule has 1 saturated carbocycles. The highest BCUT2D eigenvalue weighted by Gasteiger charge is 2.29. The van der Waals surface area contributed by atoms with Crippen LogP contribution in [0.5, 0.6) is 5.75 Å². The Hall–Kier alpha value is -2.77. The molecule has 29 heavy (non-hydrogen) atoms. The van der Waals surface area contributed by atoms with Crippen LogP contribution in [0.1, 0.15) is 68.8 Å². The smallest absolute Gasteiger partial charge is 0.394 e. The molecule has 0 radical (unpaired) electrons. The molecule has 0 bridgehead atoms. The normalized spacial score (nSPS) is 15.9. The van der Waals surface area contributed by atoms with Crippen molar-refractivity contribution in [2.24, 2.45) is 0 Å². The van der Waals surface area contributed by atoms with Gasteiger partial charge in [-0.1, -0.05) is 25.5 Å². The fraction of sp³-hybridized carbons (Fsp3) is 0.476. The van der Waals surface area contributed by atoms with Crippen molar-refractivity contribution in [1.29, 1.82) is 0 Å². The molecule has 4 rings (SSSR count). The number of nitrogens with one attached hydrogen (secondary N) is 1. The minimum Gasteiger partial charge on any atom is -0.433 e. The monoisotopic (exact) mass is 401 g/mol. The number of fused-ring (bicyclic) bond motifs is 1. The summed E-state index contributed by atoms with van der Waals surface area (Å²) in [7, 11) is 0. The second-order valence-electron chi connectivity index (χ2n) is 7.62. The maximum absolute atomic E-state index is 13.0. The molecule has 1 fully saturated rings. The highest BCUT2D eigenvalue weighted by molar-refractivity contribution is 5.56. The van der Waals surface area contributed by atoms with Gasteiger partial charge >= 0.3 is 6.11 Å². The predicted octanol–water partition coefficient (Wildman–Crippen LogP) is 5.12. The van der Waals surface area contributed by atoms with Crippen molar-refractivity contribution in [3.8, 4) is 5.75 Å². The van der Waals surface area contributed by atoms with E-state index in [9.17, 15) is 8.78 Å². The summed E-state index contributed by atoms with van der Waals surface area (Å²) in [5.74, 6) is 2.11. The molecule has 154 valence electrons. The lowest BCUT2D eigenvalue weighted by Crippen LogP contribution is -2.20. The molecule has 1 atom stereocenters. The average Bonchev–Trinajstić information content (AvgIpc) is 3.09. The van der Waals surface area contributed by atoms with Crippen LogP contribution in [0, 0.1) is 0 Å². The number of anilines is 1. The molecule has 6 nitrogen and oxygen atoms in total. The van der Waals surface area contributed by atoms with E-state index in [1.807, 2.05) is 6.92 Å². The molecule has 1 aromatic carbocycles. The van der Waals surface area contributed by atoms with Crippen LogP contribution in [-0.2, 0) is 6.42 Å². The lowest BCUT2D eigenvalue weighted by atomic mass is 9.79. The first-order valence-corrected chi connectivity index (χ1v) is 10.0. The Labute approximate surface area is 168 Å². The van der Waals surface area contributed by atoms with Crippen molar-refractivity contribution < 1.29 is 13.5 Å². The van der Waals surface area contributed by atoms with E-state index < -0.39 is 6.11 Å². The van der Waals surface area contributed by atoms with Gasteiger partial charge in [-0.05, 0) is 49.8 Å². The van der Waals surface area contributed by atoms with E-state index >= 15 is 0 Å². The van der Waals surface area contributed by atoms with Crippen LogP contribution in [0.2, 0.25) is 0 Å². The second-order valence-corrected chi connectivity index (χ2v) is 7.62. The van der Waals surface area contributed by atoms with Crippen molar-refractivity contribution in [1.82, 2.24) is 19.6 Å². The number of aromatic nitrogens is 4. The van der Waals surface area contributed by atoms with Crippen LogP contribution in [-0.4, -0.2) is 25.7 Å². The number of hydrogen-bond donors (Lipinski definition) is 1. The van der Waals surface area contributed by atoms with Gasteiger partial charge in [-0.2, -0.15) is 23.4 Å². The first kappa shape index (κ1) is 19.5. The van der Waals surface area contributed by atoms with E-state index in [0.717, 1.165) is 43.3 Å². The van der Waals surface area contributed by atoms with Gasteiger partial charge in [0.15, 0.2) is 0 Å². The molecule has 0 spiro atoms. The molecule has 2 heterocycles. The van der Waals surface area contributed by atoms with E-state index in [0.29, 0.717) is 11.7 Å². The Morgan fingerprint density at radius 2 is 2.00 bits per heavy atom. The van der Waals surface area contributed by atoms with Gasteiger partial charge in [0.2, 0.25) is 0 Å². The number of rotatable bonds is 7. The fourth-order valence-corrected chi connectivity index (χ4v) is 3.76. The minimum absolute atomic E-state index is 0.0653. The summed E-state index contributed by atoms with van der Waals surface area (Å²) in [6, 6.07) is 6.65. The summed E-state index contributed by atoms with van der Waals surface area (Å²) in [5.41, 5.74) is 3.23. The summed E-state index contributed by atoms with van der Waals surface area (Å²) in [6.45, 7) is 4.86. The third kappa shape index (κ3) is 4.02. The summed E-state index contributed by atoms with van der Waals surface area (Å²) in [6.07, 6.45) is 2.66.